The van der Waals surface area contributed by atoms with Crippen LogP contribution in [-0.2, 0) is 4.74 Å². The quantitative estimate of drug-likeness (QED) is 0.609. The predicted octanol–water partition coefficient (Wildman–Crippen LogP) is 0.795. The Morgan fingerprint density at radius 3 is 2.57 bits per heavy atom. The summed E-state index contributed by atoms with van der Waals surface area (Å²) in [6, 6.07) is 6.61. The molecular formula is C20H17N5O5. The van der Waals surface area contributed by atoms with Gasteiger partial charge < -0.3 is 19.8 Å². The summed E-state index contributed by atoms with van der Waals surface area (Å²) in [5, 5.41) is 2.18. The maximum Gasteiger partial charge on any atom is 0.262 e. The number of imide groups is 1. The molecule has 30 heavy (non-hydrogen) atoms. The van der Waals surface area contributed by atoms with Crippen molar-refractivity contribution in [2.24, 2.45) is 0 Å². The van der Waals surface area contributed by atoms with Crippen LogP contribution < -0.4 is 21.5 Å². The number of rotatable bonds is 3. The molecule has 4 heterocycles. The molecular weight excluding hydrogens is 390 g/mol. The Morgan fingerprint density at radius 2 is 1.83 bits per heavy atom. The van der Waals surface area contributed by atoms with Gasteiger partial charge in [0.15, 0.2) is 12.2 Å². The molecule has 1 aromatic carbocycles. The summed E-state index contributed by atoms with van der Waals surface area (Å²) in [4.78, 5) is 43.2. The number of anilines is 2. The molecule has 3 aromatic rings. The van der Waals surface area contributed by atoms with E-state index in [1.807, 2.05) is 12.1 Å². The molecule has 2 aliphatic rings. The minimum Gasteiger partial charge on any atom is -0.444 e. The number of ether oxygens (including phenoxy) is 1. The lowest BCUT2D eigenvalue weighted by molar-refractivity contribution is 0.0880. The zero-order valence-corrected chi connectivity index (χ0v) is 15.8. The Balaban J connectivity index is 1.76. The largest absolute Gasteiger partial charge is 0.444 e. The highest BCUT2D eigenvalue weighted by Crippen LogP contribution is 2.33. The number of nitrogens with zero attached hydrogens (tertiary/aromatic N) is 3. The Morgan fingerprint density at radius 1 is 1.03 bits per heavy atom. The summed E-state index contributed by atoms with van der Waals surface area (Å²) < 4.78 is 12.1. The van der Waals surface area contributed by atoms with Crippen LogP contribution in [0, 0.1) is 0 Å². The number of nitrogens with two attached hydrogens (primary N) is 1. The number of hydrogen-bond donors (Lipinski definition) is 2. The number of aromatic nitrogens is 2. The number of amides is 2. The SMILES string of the molecule is Nc1c2c(cc(=O)n1-c1cc(-c3cnco3)ccc1N1CCOCC1)C(=O)NC2=O. The van der Waals surface area contributed by atoms with Crippen molar-refractivity contribution < 1.29 is 18.7 Å². The fourth-order valence-electron chi connectivity index (χ4n) is 3.81. The molecule has 1 saturated heterocycles. The highest BCUT2D eigenvalue weighted by molar-refractivity contribution is 6.23. The van der Waals surface area contributed by atoms with Crippen LogP contribution >= 0.6 is 0 Å². The van der Waals surface area contributed by atoms with Gasteiger partial charge in [0, 0.05) is 24.7 Å². The molecule has 10 nitrogen and oxygen atoms in total. The molecule has 0 radical (unpaired) electrons. The van der Waals surface area contributed by atoms with Gasteiger partial charge in [-0.25, -0.2) is 4.98 Å². The molecule has 0 unspecified atom stereocenters. The topological polar surface area (TPSA) is 133 Å². The Hall–Kier alpha value is -3.92. The number of hydrogen-bond acceptors (Lipinski definition) is 8. The van der Waals surface area contributed by atoms with Crippen LogP contribution in [0.3, 0.4) is 0 Å². The standard InChI is InChI=1S/C20H17N5O5/c21-18-17-12(19(27)23-20(17)28)8-16(26)25(18)14-7-11(15-9-22-10-30-15)1-2-13(14)24-3-5-29-6-4-24/h1-2,7-10H,3-6,21H2,(H,23,27,28). The van der Waals surface area contributed by atoms with Crippen molar-refractivity contribution in [2.45, 2.75) is 0 Å². The van der Waals surface area contributed by atoms with Crippen LogP contribution in [-0.4, -0.2) is 47.7 Å². The van der Waals surface area contributed by atoms with E-state index < -0.39 is 17.4 Å². The highest BCUT2D eigenvalue weighted by atomic mass is 16.5. The molecule has 3 N–H and O–H groups in total. The van der Waals surface area contributed by atoms with E-state index in [0.29, 0.717) is 43.3 Å². The van der Waals surface area contributed by atoms with Gasteiger partial charge in [-0.1, -0.05) is 0 Å². The van der Waals surface area contributed by atoms with Gasteiger partial charge in [-0.05, 0) is 18.2 Å². The fourth-order valence-corrected chi connectivity index (χ4v) is 3.81. The lowest BCUT2D eigenvalue weighted by Crippen LogP contribution is -2.37. The molecule has 0 bridgehead atoms. The van der Waals surface area contributed by atoms with E-state index in [1.54, 1.807) is 12.3 Å². The lowest BCUT2D eigenvalue weighted by Gasteiger charge is -2.31. The average Bonchev–Trinajstić information content (AvgIpc) is 3.37. The average molecular weight is 407 g/mol. The first kappa shape index (κ1) is 18.1. The van der Waals surface area contributed by atoms with Gasteiger partial charge in [0.1, 0.15) is 5.82 Å². The van der Waals surface area contributed by atoms with Crippen LogP contribution in [0.5, 0.6) is 0 Å². The van der Waals surface area contributed by atoms with E-state index >= 15 is 0 Å². The number of nitrogens with one attached hydrogen (secondary N) is 1. The lowest BCUT2D eigenvalue weighted by atomic mass is 10.1. The van der Waals surface area contributed by atoms with Crippen molar-refractivity contribution in [3.63, 3.8) is 0 Å². The molecule has 2 amide bonds. The Bertz CT molecular complexity index is 1230. The smallest absolute Gasteiger partial charge is 0.262 e. The first-order chi connectivity index (χ1) is 14.5. The van der Waals surface area contributed by atoms with Gasteiger partial charge in [0.05, 0.1) is 41.9 Å². The molecule has 152 valence electrons. The highest BCUT2D eigenvalue weighted by Gasteiger charge is 2.32. The molecule has 1 fully saturated rings. The zero-order chi connectivity index (χ0) is 20.8. The molecule has 5 rings (SSSR count). The number of nitrogen functional groups attached to an aromatic ring is 1. The van der Waals surface area contributed by atoms with Crippen molar-refractivity contribution in [3.8, 4) is 17.0 Å². The number of morpholine rings is 1. The number of pyridine rings is 1. The van der Waals surface area contributed by atoms with E-state index in [2.05, 4.69) is 15.2 Å². The first-order valence-electron chi connectivity index (χ1n) is 9.32. The third kappa shape index (κ3) is 2.77. The molecule has 0 saturated carbocycles. The number of carbonyl (C=O) groups is 2. The van der Waals surface area contributed by atoms with Crippen LogP contribution in [0.2, 0.25) is 0 Å². The van der Waals surface area contributed by atoms with Gasteiger partial charge in [0.2, 0.25) is 0 Å². The van der Waals surface area contributed by atoms with E-state index in [1.165, 1.54) is 11.0 Å². The number of carbonyl (C=O) groups excluding carboxylic acids is 2. The second-order valence-corrected chi connectivity index (χ2v) is 6.94. The fraction of sp³-hybridized carbons (Fsp3) is 0.200. The molecule has 10 heteroatoms. The Labute approximate surface area is 169 Å². The van der Waals surface area contributed by atoms with Crippen molar-refractivity contribution in [1.82, 2.24) is 14.9 Å². The van der Waals surface area contributed by atoms with E-state index in [0.717, 1.165) is 11.8 Å². The molecule has 2 aromatic heterocycles. The molecule has 0 spiro atoms. The third-order valence-electron chi connectivity index (χ3n) is 5.24. The normalized spacial score (nSPS) is 15.9. The monoisotopic (exact) mass is 407 g/mol. The van der Waals surface area contributed by atoms with Gasteiger partial charge >= 0.3 is 0 Å². The van der Waals surface area contributed by atoms with Crippen molar-refractivity contribution in [3.05, 3.63) is 58.3 Å². The number of benzene rings is 1. The maximum atomic E-state index is 13.0. The van der Waals surface area contributed by atoms with Crippen LogP contribution in [0.15, 0.2) is 46.1 Å². The van der Waals surface area contributed by atoms with Crippen LogP contribution in [0.25, 0.3) is 17.0 Å². The summed E-state index contributed by atoms with van der Waals surface area (Å²) in [5.74, 6) is -0.828. The molecule has 0 atom stereocenters. The van der Waals surface area contributed by atoms with Crippen LogP contribution in [0.1, 0.15) is 20.7 Å². The van der Waals surface area contributed by atoms with Crippen LogP contribution in [0.4, 0.5) is 11.5 Å². The third-order valence-corrected chi connectivity index (χ3v) is 5.24. The van der Waals surface area contributed by atoms with E-state index in [9.17, 15) is 14.4 Å². The minimum atomic E-state index is -0.630. The molecule has 0 aliphatic carbocycles. The zero-order valence-electron chi connectivity index (χ0n) is 15.8. The van der Waals surface area contributed by atoms with Gasteiger partial charge in [-0.3, -0.25) is 24.3 Å². The summed E-state index contributed by atoms with van der Waals surface area (Å²) >= 11 is 0. The number of oxazole rings is 1. The summed E-state index contributed by atoms with van der Waals surface area (Å²) in [5.41, 5.74) is 7.64. The molecule has 2 aliphatic heterocycles. The van der Waals surface area contributed by atoms with Gasteiger partial charge in [-0.15, -0.1) is 0 Å². The summed E-state index contributed by atoms with van der Waals surface area (Å²) in [6.45, 7) is 2.37. The van der Waals surface area contributed by atoms with Crippen molar-refractivity contribution in [2.75, 3.05) is 36.9 Å². The van der Waals surface area contributed by atoms with Crippen molar-refractivity contribution in [1.29, 1.82) is 0 Å². The Kier molecular flexibility index (Phi) is 4.14. The number of fused-ring (bicyclic) bond motifs is 1. The van der Waals surface area contributed by atoms with Gasteiger partial charge in [0.25, 0.3) is 17.4 Å². The summed E-state index contributed by atoms with van der Waals surface area (Å²) in [6.07, 6.45) is 2.88. The van der Waals surface area contributed by atoms with E-state index in [-0.39, 0.29) is 16.9 Å². The first-order valence-corrected chi connectivity index (χ1v) is 9.32. The second-order valence-electron chi connectivity index (χ2n) is 6.94. The second kappa shape index (κ2) is 6.85. The van der Waals surface area contributed by atoms with Crippen molar-refractivity contribution >= 4 is 23.3 Å². The van der Waals surface area contributed by atoms with E-state index in [4.69, 9.17) is 14.9 Å². The summed E-state index contributed by atoms with van der Waals surface area (Å²) in [7, 11) is 0. The predicted molar refractivity (Wildman–Crippen MR) is 107 cm³/mol. The maximum absolute atomic E-state index is 13.0. The van der Waals surface area contributed by atoms with Gasteiger partial charge in [-0.2, -0.15) is 0 Å². The minimum absolute atomic E-state index is 0.00223.